The van der Waals surface area contributed by atoms with Gasteiger partial charge in [-0.3, -0.25) is 20.0 Å². The van der Waals surface area contributed by atoms with Crippen LogP contribution < -0.4 is 5.32 Å². The molecule has 0 unspecified atom stereocenters. The van der Waals surface area contributed by atoms with Crippen LogP contribution in [0.3, 0.4) is 0 Å². The van der Waals surface area contributed by atoms with Crippen LogP contribution in [0, 0.1) is 22.9 Å². The molecule has 9 heteroatoms. The lowest BCUT2D eigenvalue weighted by Crippen LogP contribution is -2.14. The molecule has 154 valence electrons. The second-order valence-corrected chi connectivity index (χ2v) is 6.73. The van der Waals surface area contributed by atoms with Crippen LogP contribution in [0.25, 0.3) is 22.8 Å². The molecule has 0 aliphatic heterocycles. The Balaban J connectivity index is 1.65. The summed E-state index contributed by atoms with van der Waals surface area (Å²) in [6.45, 7) is 1.29. The number of para-hydroxylation sites is 1. The number of rotatable bonds is 5. The second kappa shape index (κ2) is 8.15. The molecule has 2 N–H and O–H groups in total. The highest BCUT2D eigenvalue weighted by Crippen LogP contribution is 2.28. The number of anilines is 1. The van der Waals surface area contributed by atoms with E-state index in [9.17, 15) is 19.3 Å². The number of nitro benzene ring substituents is 1. The van der Waals surface area contributed by atoms with Gasteiger partial charge in [-0.1, -0.05) is 42.5 Å². The minimum atomic E-state index is -0.824. The third kappa shape index (κ3) is 4.01. The molecular weight excluding hydrogens is 401 g/mol. The number of carbonyl (C=O) groups excluding carboxylic acids is 1. The normalized spacial score (nSPS) is 10.6. The van der Waals surface area contributed by atoms with Crippen LogP contribution >= 0.6 is 0 Å². The zero-order valence-electron chi connectivity index (χ0n) is 16.3. The Kier molecular flexibility index (Phi) is 5.23. The van der Waals surface area contributed by atoms with Gasteiger partial charge in [-0.15, -0.1) is 0 Å². The Labute approximate surface area is 175 Å². The molecule has 1 aromatic heterocycles. The van der Waals surface area contributed by atoms with E-state index in [0.29, 0.717) is 22.9 Å². The van der Waals surface area contributed by atoms with E-state index >= 15 is 0 Å². The first kappa shape index (κ1) is 19.9. The molecule has 3 aromatic carbocycles. The van der Waals surface area contributed by atoms with Crippen LogP contribution in [0.5, 0.6) is 0 Å². The van der Waals surface area contributed by atoms with E-state index < -0.39 is 22.3 Å². The predicted molar refractivity (Wildman–Crippen MR) is 113 cm³/mol. The lowest BCUT2D eigenvalue weighted by atomic mass is 10.1. The molecule has 0 saturated heterocycles. The number of hydrogen-bond acceptors (Lipinski definition) is 5. The van der Waals surface area contributed by atoms with Crippen molar-refractivity contribution in [2.24, 2.45) is 0 Å². The number of halogens is 1. The Morgan fingerprint density at radius 1 is 1.10 bits per heavy atom. The van der Waals surface area contributed by atoms with Gasteiger partial charge in [0.1, 0.15) is 5.82 Å². The van der Waals surface area contributed by atoms with Gasteiger partial charge in [0.2, 0.25) is 0 Å². The van der Waals surface area contributed by atoms with Gasteiger partial charge in [0.25, 0.3) is 11.6 Å². The van der Waals surface area contributed by atoms with Gasteiger partial charge >= 0.3 is 0 Å². The van der Waals surface area contributed by atoms with E-state index in [4.69, 9.17) is 0 Å². The first-order valence-corrected chi connectivity index (χ1v) is 9.27. The van der Waals surface area contributed by atoms with E-state index in [0.717, 1.165) is 17.7 Å². The summed E-state index contributed by atoms with van der Waals surface area (Å²) >= 11 is 0. The van der Waals surface area contributed by atoms with Crippen LogP contribution in [-0.4, -0.2) is 26.0 Å². The lowest BCUT2D eigenvalue weighted by molar-refractivity contribution is -0.385. The SMILES string of the molecule is Cc1c(F)cc(C(=O)Nc2ccccc2-c2nc(-c3ccccc3)n[nH]2)cc1[N+](=O)[O-]. The van der Waals surface area contributed by atoms with E-state index in [2.05, 4.69) is 20.5 Å². The summed E-state index contributed by atoms with van der Waals surface area (Å²) < 4.78 is 14.1. The topological polar surface area (TPSA) is 114 Å². The molecule has 4 aromatic rings. The largest absolute Gasteiger partial charge is 0.321 e. The quantitative estimate of drug-likeness (QED) is 0.359. The molecule has 4 rings (SSSR count). The Hall–Kier alpha value is -4.40. The summed E-state index contributed by atoms with van der Waals surface area (Å²) in [7, 11) is 0. The maximum absolute atomic E-state index is 14.1. The number of nitrogens with one attached hydrogen (secondary N) is 2. The molecule has 31 heavy (non-hydrogen) atoms. The molecule has 0 fully saturated rings. The van der Waals surface area contributed by atoms with E-state index in [-0.39, 0.29) is 11.1 Å². The third-order valence-corrected chi connectivity index (χ3v) is 4.72. The highest BCUT2D eigenvalue weighted by Gasteiger charge is 2.20. The van der Waals surface area contributed by atoms with Gasteiger partial charge in [0.15, 0.2) is 11.6 Å². The van der Waals surface area contributed by atoms with Crippen molar-refractivity contribution in [3.63, 3.8) is 0 Å². The van der Waals surface area contributed by atoms with Gasteiger partial charge in [-0.25, -0.2) is 9.37 Å². The molecule has 0 saturated carbocycles. The number of aromatic amines is 1. The zero-order valence-corrected chi connectivity index (χ0v) is 16.3. The minimum Gasteiger partial charge on any atom is -0.321 e. The Bertz CT molecular complexity index is 1290. The standard InChI is InChI=1S/C22H16FN5O3/c1-13-17(23)11-15(12-19(13)28(30)31)22(29)24-18-10-6-5-9-16(18)21-25-20(26-27-21)14-7-3-2-4-8-14/h2-12H,1H3,(H,24,29)(H,25,26,27). The van der Waals surface area contributed by atoms with Crippen LogP contribution in [-0.2, 0) is 0 Å². The monoisotopic (exact) mass is 417 g/mol. The Morgan fingerprint density at radius 2 is 1.81 bits per heavy atom. The van der Waals surface area contributed by atoms with Crippen molar-refractivity contribution in [3.05, 3.63) is 93.8 Å². The smallest absolute Gasteiger partial charge is 0.276 e. The van der Waals surface area contributed by atoms with E-state index in [1.807, 2.05) is 30.3 Å². The summed E-state index contributed by atoms with van der Waals surface area (Å²) in [5, 5.41) is 20.9. The molecule has 0 radical (unpaired) electrons. The maximum atomic E-state index is 14.1. The van der Waals surface area contributed by atoms with E-state index in [1.54, 1.807) is 24.3 Å². The molecular formula is C22H16FN5O3. The molecule has 1 amide bonds. The fourth-order valence-electron chi connectivity index (χ4n) is 3.08. The number of nitro groups is 1. The maximum Gasteiger partial charge on any atom is 0.276 e. The van der Waals surface area contributed by atoms with Crippen LogP contribution in [0.4, 0.5) is 15.8 Å². The fourth-order valence-corrected chi connectivity index (χ4v) is 3.08. The second-order valence-electron chi connectivity index (χ2n) is 6.73. The zero-order chi connectivity index (χ0) is 22.0. The van der Waals surface area contributed by atoms with Crippen LogP contribution in [0.2, 0.25) is 0 Å². The van der Waals surface area contributed by atoms with Crippen LogP contribution in [0.15, 0.2) is 66.7 Å². The third-order valence-electron chi connectivity index (χ3n) is 4.72. The molecule has 0 atom stereocenters. The van der Waals surface area contributed by atoms with Crippen molar-refractivity contribution < 1.29 is 14.1 Å². The molecule has 0 aliphatic rings. The van der Waals surface area contributed by atoms with Crippen molar-refractivity contribution in [3.8, 4) is 22.8 Å². The Morgan fingerprint density at radius 3 is 2.55 bits per heavy atom. The molecule has 0 bridgehead atoms. The average Bonchev–Trinajstić information content (AvgIpc) is 3.26. The van der Waals surface area contributed by atoms with Gasteiger partial charge in [0.05, 0.1) is 16.2 Å². The van der Waals surface area contributed by atoms with Crippen molar-refractivity contribution >= 4 is 17.3 Å². The van der Waals surface area contributed by atoms with E-state index in [1.165, 1.54) is 6.92 Å². The highest BCUT2D eigenvalue weighted by molar-refractivity contribution is 6.06. The van der Waals surface area contributed by atoms with Gasteiger partial charge < -0.3 is 5.32 Å². The van der Waals surface area contributed by atoms with Crippen molar-refractivity contribution in [2.45, 2.75) is 6.92 Å². The summed E-state index contributed by atoms with van der Waals surface area (Å²) in [5.41, 5.74) is 1.04. The first-order chi connectivity index (χ1) is 14.9. The molecule has 0 aliphatic carbocycles. The van der Waals surface area contributed by atoms with Crippen molar-refractivity contribution in [1.82, 2.24) is 15.2 Å². The predicted octanol–water partition coefficient (Wildman–Crippen LogP) is 4.75. The van der Waals surface area contributed by atoms with Gasteiger partial charge in [0, 0.05) is 22.8 Å². The van der Waals surface area contributed by atoms with Crippen molar-refractivity contribution in [1.29, 1.82) is 0 Å². The molecule has 0 spiro atoms. The molecule has 1 heterocycles. The summed E-state index contributed by atoms with van der Waals surface area (Å²) in [6.07, 6.45) is 0. The number of carbonyl (C=O) groups is 1. The van der Waals surface area contributed by atoms with Crippen LogP contribution in [0.1, 0.15) is 15.9 Å². The number of H-pyrrole nitrogens is 1. The summed E-state index contributed by atoms with van der Waals surface area (Å²) in [5.74, 6) is -0.587. The van der Waals surface area contributed by atoms with Gasteiger partial charge in [-0.05, 0) is 25.1 Å². The fraction of sp³-hybridized carbons (Fsp3) is 0.0455. The number of amides is 1. The molecule has 8 nitrogen and oxygen atoms in total. The number of benzene rings is 3. The summed E-state index contributed by atoms with van der Waals surface area (Å²) in [6, 6.07) is 18.3. The highest BCUT2D eigenvalue weighted by atomic mass is 19.1. The van der Waals surface area contributed by atoms with Crippen molar-refractivity contribution in [2.75, 3.05) is 5.32 Å². The number of hydrogen-bond donors (Lipinski definition) is 2. The lowest BCUT2D eigenvalue weighted by Gasteiger charge is -2.10. The van der Waals surface area contributed by atoms with Gasteiger partial charge in [-0.2, -0.15) is 5.10 Å². The number of nitrogens with zero attached hydrogens (tertiary/aromatic N) is 3. The average molecular weight is 417 g/mol. The number of aromatic nitrogens is 3. The first-order valence-electron chi connectivity index (χ1n) is 9.27. The summed E-state index contributed by atoms with van der Waals surface area (Å²) in [4.78, 5) is 27.6. The minimum absolute atomic E-state index is 0.128.